The predicted molar refractivity (Wildman–Crippen MR) is 171 cm³/mol. The van der Waals surface area contributed by atoms with Crippen LogP contribution in [0.1, 0.15) is 44.8 Å². The average Bonchev–Trinajstić information content (AvgIpc) is 3.38. The predicted octanol–water partition coefficient (Wildman–Crippen LogP) is 4.66. The molecule has 2 bridgehead atoms. The van der Waals surface area contributed by atoms with Gasteiger partial charge in [0.1, 0.15) is 6.10 Å². The van der Waals surface area contributed by atoms with Gasteiger partial charge in [0, 0.05) is 36.8 Å². The molecule has 2 atom stereocenters. The fourth-order valence-electron chi connectivity index (χ4n) is 4.73. The molecular formula is C27H40IN8O2P. The molecule has 2 unspecified atom stereocenters. The summed E-state index contributed by atoms with van der Waals surface area (Å²) >= 11 is 2.34. The molecule has 0 aromatic carbocycles. The molecule has 1 aliphatic heterocycles. The van der Waals surface area contributed by atoms with Gasteiger partial charge in [0.05, 0.1) is 59.1 Å². The van der Waals surface area contributed by atoms with Gasteiger partial charge in [-0.2, -0.15) is 10.2 Å². The van der Waals surface area contributed by atoms with Crippen molar-refractivity contribution in [1.29, 1.82) is 0 Å². The lowest BCUT2D eigenvalue weighted by Crippen LogP contribution is -2.36. The Bertz CT molecular complexity index is 1400. The topological polar surface area (TPSA) is 120 Å². The van der Waals surface area contributed by atoms with Crippen LogP contribution < -0.4 is 10.5 Å². The minimum Gasteiger partial charge on any atom is -0.473 e. The molecule has 3 aromatic heterocycles. The van der Waals surface area contributed by atoms with E-state index in [4.69, 9.17) is 20.6 Å². The Kier molecular flexibility index (Phi) is 11.1. The number of aliphatic hydroxyl groups is 1. The molecule has 1 aliphatic rings. The van der Waals surface area contributed by atoms with Gasteiger partial charge >= 0.3 is 0 Å². The smallest absolute Gasteiger partial charge is 0.221 e. The number of aliphatic hydroxyl groups excluding tert-OH is 1. The molecule has 212 valence electrons. The zero-order valence-electron chi connectivity index (χ0n) is 24.1. The quantitative estimate of drug-likeness (QED) is 0.309. The Morgan fingerprint density at radius 3 is 2.59 bits per heavy atom. The van der Waals surface area contributed by atoms with Gasteiger partial charge in [-0.15, -0.1) is 0 Å². The van der Waals surface area contributed by atoms with Crippen molar-refractivity contribution in [3.63, 3.8) is 0 Å². The number of pyridine rings is 1. The van der Waals surface area contributed by atoms with Crippen molar-refractivity contribution in [3.8, 4) is 17.1 Å². The number of aliphatic imine (C=N–C) groups is 1. The number of allylic oxidation sites excluding steroid dienone is 2. The molecule has 3 N–H and O–H groups in total. The largest absolute Gasteiger partial charge is 0.473 e. The summed E-state index contributed by atoms with van der Waals surface area (Å²) in [5, 5.41) is 20.0. The third-order valence-corrected chi connectivity index (χ3v) is 8.07. The molecule has 39 heavy (non-hydrogen) atoms. The van der Waals surface area contributed by atoms with Gasteiger partial charge < -0.3 is 15.6 Å². The second-order valence-electron chi connectivity index (χ2n) is 9.37. The van der Waals surface area contributed by atoms with E-state index in [9.17, 15) is 5.11 Å². The summed E-state index contributed by atoms with van der Waals surface area (Å²) in [7, 11) is 3.92. The Morgan fingerprint density at radius 2 is 1.95 bits per heavy atom. The van der Waals surface area contributed by atoms with Crippen LogP contribution >= 0.6 is 28.4 Å². The maximum atomic E-state index is 9.46. The van der Waals surface area contributed by atoms with E-state index >= 15 is 0 Å². The number of aromatic nitrogens is 5. The van der Waals surface area contributed by atoms with Crippen LogP contribution in [0, 0.1) is 13.8 Å². The van der Waals surface area contributed by atoms with E-state index < -0.39 is 0 Å². The second-order valence-corrected chi connectivity index (χ2v) is 11.4. The molecular weight excluding hydrogens is 626 g/mol. The molecule has 0 amide bonds. The highest BCUT2D eigenvalue weighted by Crippen LogP contribution is 2.38. The van der Waals surface area contributed by atoms with Gasteiger partial charge in [-0.3, -0.25) is 14.9 Å². The van der Waals surface area contributed by atoms with E-state index in [0.717, 1.165) is 50.5 Å². The molecule has 0 saturated heterocycles. The maximum Gasteiger partial charge on any atom is 0.221 e. The van der Waals surface area contributed by atoms with Gasteiger partial charge in [0.25, 0.3) is 0 Å². The van der Waals surface area contributed by atoms with Gasteiger partial charge in [-0.1, -0.05) is 13.8 Å². The highest BCUT2D eigenvalue weighted by molar-refractivity contribution is 14.2. The summed E-state index contributed by atoms with van der Waals surface area (Å²) in [4.78, 5) is 11.8. The monoisotopic (exact) mass is 666 g/mol. The number of likely N-dealkylation sites (N-methyl/N-ethyl adjacent to an activating group) is 1. The van der Waals surface area contributed by atoms with Crippen molar-refractivity contribution in [3.05, 3.63) is 40.5 Å². The van der Waals surface area contributed by atoms with Crippen molar-refractivity contribution in [2.75, 3.05) is 33.3 Å². The van der Waals surface area contributed by atoms with Crippen molar-refractivity contribution in [1.82, 2.24) is 29.2 Å². The first kappa shape index (κ1) is 31.2. The first-order valence-corrected chi connectivity index (χ1v) is 17.2. The first-order chi connectivity index (χ1) is 18.6. The Balaban J connectivity index is 0.00000205. The number of nitrogens with two attached hydrogens (primary N) is 1. The van der Waals surface area contributed by atoms with Gasteiger partial charge in [-0.25, -0.2) is 9.13 Å². The van der Waals surface area contributed by atoms with E-state index in [-0.39, 0.29) is 12.7 Å². The molecule has 0 radical (unpaired) electrons. The molecule has 0 saturated carbocycles. The third-order valence-electron chi connectivity index (χ3n) is 6.22. The number of hydrogen-bond donors (Lipinski definition) is 2. The highest BCUT2D eigenvalue weighted by Gasteiger charge is 2.24. The van der Waals surface area contributed by atoms with Crippen LogP contribution in [0.5, 0.6) is 5.88 Å². The van der Waals surface area contributed by atoms with Gasteiger partial charge in [0.15, 0.2) is 0 Å². The van der Waals surface area contributed by atoms with E-state index in [2.05, 4.69) is 43.1 Å². The first-order valence-electron chi connectivity index (χ1n) is 13.1. The number of hydrogen-bond acceptors (Lipinski definition) is 8. The third kappa shape index (κ3) is 6.87. The number of nitrogens with zero attached hydrogens (tertiary/aromatic N) is 7. The minimum absolute atomic E-state index is 0.0311. The summed E-state index contributed by atoms with van der Waals surface area (Å²) in [6.07, 6.45) is 4.27. The number of fused-ring (bicyclic) bond motifs is 3. The minimum atomic E-state index is -0.131. The van der Waals surface area contributed by atoms with Crippen molar-refractivity contribution in [2.45, 2.75) is 47.6 Å². The van der Waals surface area contributed by atoms with Crippen molar-refractivity contribution < 1.29 is 9.84 Å². The van der Waals surface area contributed by atoms with Crippen LogP contribution in [0.25, 0.3) is 28.2 Å². The SMILES string of the molecule is C/C(N)=C1\C=C\c2nn(PI)c3c(C)nc(cc23)-c2c(C)nn(C)c2OC(C)CN(C)CC1=NCCO.CC. The Hall–Kier alpha value is -2.34. The summed E-state index contributed by atoms with van der Waals surface area (Å²) < 4.78 is 10.3. The van der Waals surface area contributed by atoms with Crippen LogP contribution in [0.15, 0.2) is 28.4 Å². The van der Waals surface area contributed by atoms with E-state index in [1.807, 2.05) is 72.2 Å². The lowest BCUT2D eigenvalue weighted by molar-refractivity contribution is 0.160. The fraction of sp³-hybridized carbons (Fsp3) is 0.481. The summed E-state index contributed by atoms with van der Waals surface area (Å²) in [5.74, 6) is 0.687. The molecule has 3 aromatic rings. The molecule has 0 fully saturated rings. The maximum absolute atomic E-state index is 9.46. The lowest BCUT2D eigenvalue weighted by atomic mass is 10.0. The number of rotatable bonds is 3. The van der Waals surface area contributed by atoms with E-state index in [1.54, 1.807) is 4.68 Å². The number of halogens is 1. The molecule has 12 heteroatoms. The fourth-order valence-corrected chi connectivity index (χ4v) is 6.29. The highest BCUT2D eigenvalue weighted by atomic mass is 127. The number of ether oxygens (including phenoxy) is 1. The molecule has 10 nitrogen and oxygen atoms in total. The van der Waals surface area contributed by atoms with Crippen LogP contribution in [0.3, 0.4) is 0 Å². The van der Waals surface area contributed by atoms with Crippen molar-refractivity contribution >= 4 is 51.1 Å². The summed E-state index contributed by atoms with van der Waals surface area (Å²) in [6.45, 7) is 13.4. The normalized spacial score (nSPS) is 19.9. The molecule has 0 aliphatic carbocycles. The number of aryl methyl sites for hydroxylation is 3. The van der Waals surface area contributed by atoms with Gasteiger partial charge in [-0.05, 0) is 75.0 Å². The second kappa shape index (κ2) is 13.8. The summed E-state index contributed by atoms with van der Waals surface area (Å²) in [6, 6.07) is 2.08. The van der Waals surface area contributed by atoms with E-state index in [1.165, 1.54) is 0 Å². The zero-order valence-corrected chi connectivity index (χ0v) is 27.2. The van der Waals surface area contributed by atoms with Crippen LogP contribution in [0.4, 0.5) is 0 Å². The molecule has 4 rings (SSSR count). The Labute approximate surface area is 245 Å². The standard InChI is InChI=1S/C25H34IN8O2P.C2H6/c1-14-12-32(5)13-22(28-9-10-35)18(15(2)27)7-8-20-19-11-21(23-16(3)30-33(6)25(23)36-14)29-17(4)24(19)34(31-20)37-26;1-2/h7-8,11,14,35,37H,9-10,12-13,27H2,1-6H3;1-2H3/b8-7+,18-15-,28-22?;. The lowest BCUT2D eigenvalue weighted by Gasteiger charge is -2.24. The van der Waals surface area contributed by atoms with Crippen LogP contribution in [-0.4, -0.2) is 79.4 Å². The Morgan fingerprint density at radius 1 is 1.23 bits per heavy atom. The van der Waals surface area contributed by atoms with Crippen LogP contribution in [0.2, 0.25) is 0 Å². The van der Waals surface area contributed by atoms with Gasteiger partial charge in [0.2, 0.25) is 5.88 Å². The van der Waals surface area contributed by atoms with Crippen molar-refractivity contribution in [2.24, 2.45) is 17.8 Å². The zero-order chi connectivity index (χ0) is 28.9. The average molecular weight is 667 g/mol. The molecule has 0 spiro atoms. The van der Waals surface area contributed by atoms with E-state index in [0.29, 0.717) is 37.6 Å². The summed E-state index contributed by atoms with van der Waals surface area (Å²) in [5.41, 5.74) is 13.9. The van der Waals surface area contributed by atoms with Crippen LogP contribution in [-0.2, 0) is 7.05 Å². The molecule has 4 heterocycles.